The maximum atomic E-state index is 12.8. The van der Waals surface area contributed by atoms with Gasteiger partial charge < -0.3 is 18.9 Å². The van der Waals surface area contributed by atoms with Gasteiger partial charge in [-0.3, -0.25) is 4.79 Å². The topological polar surface area (TPSA) is 43.7 Å². The highest BCUT2D eigenvalue weighted by atomic mass is 16.5. The van der Waals surface area contributed by atoms with Crippen molar-refractivity contribution in [3.8, 4) is 11.4 Å². The van der Waals surface area contributed by atoms with Crippen molar-refractivity contribution in [3.63, 3.8) is 0 Å². The van der Waals surface area contributed by atoms with Gasteiger partial charge in [0.1, 0.15) is 5.75 Å². The molecule has 1 aromatic heterocycles. The minimum atomic E-state index is 0.0844. The molecule has 0 spiro atoms. The van der Waals surface area contributed by atoms with Crippen molar-refractivity contribution in [1.29, 1.82) is 0 Å². The minimum absolute atomic E-state index is 0.0844. The molecule has 0 unspecified atom stereocenters. The molecular weight excluding hydrogens is 292 g/mol. The second kappa shape index (κ2) is 6.46. The summed E-state index contributed by atoms with van der Waals surface area (Å²) in [6.45, 7) is 6.56. The molecule has 0 atom stereocenters. The lowest BCUT2D eigenvalue weighted by Crippen LogP contribution is -2.40. The molecule has 1 amide bonds. The zero-order valence-electron chi connectivity index (χ0n) is 13.8. The predicted octanol–water partition coefficient (Wildman–Crippen LogP) is 2.58. The minimum Gasteiger partial charge on any atom is -0.497 e. The number of carbonyl (C=O) groups is 1. The maximum Gasteiger partial charge on any atom is 0.255 e. The number of hydrogen-bond donors (Lipinski definition) is 0. The van der Waals surface area contributed by atoms with Gasteiger partial charge in [-0.15, -0.1) is 0 Å². The summed E-state index contributed by atoms with van der Waals surface area (Å²) in [5, 5.41) is 0. The highest BCUT2D eigenvalue weighted by molar-refractivity contribution is 5.96. The van der Waals surface area contributed by atoms with Crippen LogP contribution in [-0.4, -0.2) is 48.8 Å². The lowest BCUT2D eigenvalue weighted by molar-refractivity contribution is 0.0302. The summed E-state index contributed by atoms with van der Waals surface area (Å²) in [4.78, 5) is 14.6. The first-order valence-electron chi connectivity index (χ1n) is 7.82. The van der Waals surface area contributed by atoms with E-state index in [9.17, 15) is 4.79 Å². The van der Waals surface area contributed by atoms with Crippen LogP contribution in [0.4, 0.5) is 0 Å². The van der Waals surface area contributed by atoms with Crippen molar-refractivity contribution < 1.29 is 14.3 Å². The number of morpholine rings is 1. The second-order valence-electron chi connectivity index (χ2n) is 5.72. The molecule has 2 heterocycles. The first-order chi connectivity index (χ1) is 11.1. The largest absolute Gasteiger partial charge is 0.497 e. The molecule has 3 rings (SSSR count). The lowest BCUT2D eigenvalue weighted by Gasteiger charge is -2.26. The summed E-state index contributed by atoms with van der Waals surface area (Å²) >= 11 is 0. The third kappa shape index (κ3) is 2.97. The van der Waals surface area contributed by atoms with Crippen LogP contribution in [0, 0.1) is 13.8 Å². The number of carbonyl (C=O) groups excluding carboxylic acids is 1. The van der Waals surface area contributed by atoms with E-state index in [4.69, 9.17) is 9.47 Å². The first-order valence-corrected chi connectivity index (χ1v) is 7.82. The first kappa shape index (κ1) is 15.6. The quantitative estimate of drug-likeness (QED) is 0.874. The van der Waals surface area contributed by atoms with Crippen molar-refractivity contribution in [1.82, 2.24) is 9.47 Å². The Hall–Kier alpha value is -2.27. The fourth-order valence-corrected chi connectivity index (χ4v) is 3.04. The van der Waals surface area contributed by atoms with Gasteiger partial charge >= 0.3 is 0 Å². The molecule has 5 heteroatoms. The van der Waals surface area contributed by atoms with E-state index in [1.165, 1.54) is 0 Å². The van der Waals surface area contributed by atoms with Crippen LogP contribution in [0.1, 0.15) is 21.7 Å². The SMILES string of the molecule is COc1ccc(-n2c(C)cc(C(=O)N3CCOCC3)c2C)cc1. The zero-order valence-corrected chi connectivity index (χ0v) is 13.8. The summed E-state index contributed by atoms with van der Waals surface area (Å²) < 4.78 is 12.6. The van der Waals surface area contributed by atoms with Gasteiger partial charge in [-0.25, -0.2) is 0 Å². The molecule has 0 aliphatic carbocycles. The predicted molar refractivity (Wildman–Crippen MR) is 88.5 cm³/mol. The van der Waals surface area contributed by atoms with Crippen molar-refractivity contribution in [2.45, 2.75) is 13.8 Å². The van der Waals surface area contributed by atoms with Crippen LogP contribution in [-0.2, 0) is 4.74 Å². The van der Waals surface area contributed by atoms with Crippen LogP contribution in [0.5, 0.6) is 5.75 Å². The fourth-order valence-electron chi connectivity index (χ4n) is 3.04. The monoisotopic (exact) mass is 314 g/mol. The van der Waals surface area contributed by atoms with E-state index in [1.807, 2.05) is 49.1 Å². The Bertz CT molecular complexity index is 698. The van der Waals surface area contributed by atoms with Crippen LogP contribution in [0.15, 0.2) is 30.3 Å². The average molecular weight is 314 g/mol. The molecule has 122 valence electrons. The van der Waals surface area contributed by atoms with E-state index in [0.717, 1.165) is 28.4 Å². The number of aryl methyl sites for hydroxylation is 1. The number of nitrogens with zero attached hydrogens (tertiary/aromatic N) is 2. The third-order valence-corrected chi connectivity index (χ3v) is 4.29. The van der Waals surface area contributed by atoms with E-state index in [0.29, 0.717) is 26.3 Å². The second-order valence-corrected chi connectivity index (χ2v) is 5.72. The van der Waals surface area contributed by atoms with E-state index in [1.54, 1.807) is 7.11 Å². The molecule has 1 aliphatic heterocycles. The zero-order chi connectivity index (χ0) is 16.4. The molecule has 0 radical (unpaired) electrons. The van der Waals surface area contributed by atoms with E-state index in [-0.39, 0.29) is 5.91 Å². The summed E-state index contributed by atoms with van der Waals surface area (Å²) in [6.07, 6.45) is 0. The summed E-state index contributed by atoms with van der Waals surface area (Å²) in [7, 11) is 1.65. The molecule has 1 aliphatic rings. The number of methoxy groups -OCH3 is 1. The molecule has 1 saturated heterocycles. The summed E-state index contributed by atoms with van der Waals surface area (Å²) in [5.74, 6) is 0.905. The Morgan fingerprint density at radius 3 is 2.39 bits per heavy atom. The molecular formula is C18H22N2O3. The number of rotatable bonds is 3. The van der Waals surface area contributed by atoms with Crippen LogP contribution in [0.2, 0.25) is 0 Å². The molecule has 0 saturated carbocycles. The molecule has 0 N–H and O–H groups in total. The molecule has 0 bridgehead atoms. The van der Waals surface area contributed by atoms with E-state index in [2.05, 4.69) is 4.57 Å². The number of benzene rings is 1. The highest BCUT2D eigenvalue weighted by Crippen LogP contribution is 2.24. The molecule has 2 aromatic rings. The maximum absolute atomic E-state index is 12.8. The fraction of sp³-hybridized carbons (Fsp3) is 0.389. The van der Waals surface area contributed by atoms with Crippen LogP contribution < -0.4 is 4.74 Å². The molecule has 1 fully saturated rings. The van der Waals surface area contributed by atoms with Crippen LogP contribution in [0.25, 0.3) is 5.69 Å². The summed E-state index contributed by atoms with van der Waals surface area (Å²) in [6, 6.07) is 9.83. The van der Waals surface area contributed by atoms with Gasteiger partial charge in [-0.05, 0) is 44.2 Å². The highest BCUT2D eigenvalue weighted by Gasteiger charge is 2.23. The number of amides is 1. The number of hydrogen-bond acceptors (Lipinski definition) is 3. The van der Waals surface area contributed by atoms with Gasteiger partial charge in [0.2, 0.25) is 0 Å². The Labute approximate surface area is 136 Å². The Balaban J connectivity index is 1.93. The van der Waals surface area contributed by atoms with Gasteiger partial charge in [0.05, 0.1) is 25.9 Å². The lowest BCUT2D eigenvalue weighted by atomic mass is 10.2. The Morgan fingerprint density at radius 2 is 1.78 bits per heavy atom. The standard InChI is InChI=1S/C18H22N2O3/c1-13-12-17(18(21)19-8-10-23-11-9-19)14(2)20(13)15-4-6-16(22-3)7-5-15/h4-7,12H,8-11H2,1-3H3. The molecule has 23 heavy (non-hydrogen) atoms. The summed E-state index contributed by atoms with van der Waals surface area (Å²) in [5.41, 5.74) is 3.80. The van der Waals surface area contributed by atoms with Crippen molar-refractivity contribution in [3.05, 3.63) is 47.3 Å². The van der Waals surface area contributed by atoms with Gasteiger partial charge in [0.25, 0.3) is 5.91 Å². The van der Waals surface area contributed by atoms with Crippen LogP contribution >= 0.6 is 0 Å². The van der Waals surface area contributed by atoms with Crippen molar-refractivity contribution >= 4 is 5.91 Å². The van der Waals surface area contributed by atoms with Crippen molar-refractivity contribution in [2.24, 2.45) is 0 Å². The van der Waals surface area contributed by atoms with Gasteiger partial charge in [0.15, 0.2) is 0 Å². The average Bonchev–Trinajstić information content (AvgIpc) is 2.89. The number of ether oxygens (including phenoxy) is 2. The third-order valence-electron chi connectivity index (χ3n) is 4.29. The van der Waals surface area contributed by atoms with Gasteiger partial charge in [0, 0.05) is 30.2 Å². The normalized spacial score (nSPS) is 14.8. The number of aromatic nitrogens is 1. The van der Waals surface area contributed by atoms with E-state index >= 15 is 0 Å². The van der Waals surface area contributed by atoms with E-state index < -0.39 is 0 Å². The smallest absolute Gasteiger partial charge is 0.255 e. The van der Waals surface area contributed by atoms with Crippen LogP contribution in [0.3, 0.4) is 0 Å². The Kier molecular flexibility index (Phi) is 4.39. The Morgan fingerprint density at radius 1 is 1.13 bits per heavy atom. The molecule has 5 nitrogen and oxygen atoms in total. The van der Waals surface area contributed by atoms with Crippen molar-refractivity contribution in [2.75, 3.05) is 33.4 Å². The molecule has 1 aromatic carbocycles. The van der Waals surface area contributed by atoms with Gasteiger partial charge in [-0.2, -0.15) is 0 Å². The van der Waals surface area contributed by atoms with Gasteiger partial charge in [-0.1, -0.05) is 0 Å².